The van der Waals surface area contributed by atoms with Crippen molar-refractivity contribution >= 4 is 23.0 Å². The summed E-state index contributed by atoms with van der Waals surface area (Å²) < 4.78 is 28.6. The number of nitrogens with zero attached hydrogens (tertiary/aromatic N) is 1. The third-order valence-corrected chi connectivity index (χ3v) is 6.08. The Labute approximate surface area is 145 Å². The summed E-state index contributed by atoms with van der Waals surface area (Å²) in [5.41, 5.74) is -0.609. The third-order valence-electron chi connectivity index (χ3n) is 4.20. The van der Waals surface area contributed by atoms with E-state index < -0.39 is 33.9 Å². The fourth-order valence-electron chi connectivity index (χ4n) is 2.73. The molecule has 0 aliphatic heterocycles. The molecule has 2 atom stereocenters. The fraction of sp³-hybridized carbons (Fsp3) is 0.688. The van der Waals surface area contributed by atoms with Crippen molar-refractivity contribution in [3.05, 3.63) is 29.0 Å². The number of hydrogen-bond acceptors (Lipinski definition) is 4. The van der Waals surface area contributed by atoms with Gasteiger partial charge in [0, 0.05) is 23.1 Å². The summed E-state index contributed by atoms with van der Waals surface area (Å²) >= 11 is 4.79. The van der Waals surface area contributed by atoms with Gasteiger partial charge in [-0.1, -0.05) is 17.7 Å². The van der Waals surface area contributed by atoms with Gasteiger partial charge in [-0.2, -0.15) is 0 Å². The highest BCUT2D eigenvalue weighted by Gasteiger charge is 2.45. The first-order valence-electron chi connectivity index (χ1n) is 7.78. The van der Waals surface area contributed by atoms with Crippen molar-refractivity contribution in [2.24, 2.45) is 0 Å². The van der Waals surface area contributed by atoms with Crippen LogP contribution in [0.3, 0.4) is 0 Å². The smallest absolute Gasteiger partial charge is 0.136 e. The van der Waals surface area contributed by atoms with E-state index in [-0.39, 0.29) is 18.0 Å². The van der Waals surface area contributed by atoms with Crippen LogP contribution in [0.15, 0.2) is 18.3 Å². The van der Waals surface area contributed by atoms with E-state index in [9.17, 15) is 14.0 Å². The maximum atomic E-state index is 13.5. The lowest BCUT2D eigenvalue weighted by atomic mass is 9.77. The normalized spacial score (nSPS) is 28.4. The second-order valence-electron chi connectivity index (χ2n) is 7.09. The minimum Gasteiger partial charge on any atom is -0.598 e. The highest BCUT2D eigenvalue weighted by molar-refractivity contribution is 7.90. The standard InChI is InChI=1S/C16H24ClFN2O2S/c1-15(2,3)23(22)20-13(12-5-4-10-19-14(12)17)16(21)8-6-11(18)7-9-16/h4-5,10-11,13,20-21H,6-9H2,1-3H3/t11-,13-,16+,23?/m0/s1. The minimum absolute atomic E-state index is 0.256. The number of alkyl halides is 1. The van der Waals surface area contributed by atoms with Crippen LogP contribution >= 0.6 is 11.6 Å². The molecular formula is C16H24ClFN2O2S. The van der Waals surface area contributed by atoms with E-state index in [0.29, 0.717) is 18.4 Å². The van der Waals surface area contributed by atoms with E-state index in [1.165, 1.54) is 0 Å². The molecule has 0 amide bonds. The summed E-state index contributed by atoms with van der Waals surface area (Å²) in [7, 11) is 0. The Hall–Kier alpha value is -0.400. The van der Waals surface area contributed by atoms with Crippen molar-refractivity contribution in [3.63, 3.8) is 0 Å². The zero-order valence-electron chi connectivity index (χ0n) is 13.7. The Kier molecular flexibility index (Phi) is 5.95. The number of pyridine rings is 1. The summed E-state index contributed by atoms with van der Waals surface area (Å²) in [5.74, 6) is 0. The van der Waals surface area contributed by atoms with Crippen molar-refractivity contribution in [1.29, 1.82) is 0 Å². The van der Waals surface area contributed by atoms with Gasteiger partial charge < -0.3 is 9.66 Å². The SMILES string of the molecule is CC(C)(C)[S+]([O-])N[C@@H](c1cccnc1Cl)[C@]1(O)CC[C@@H](F)CC1. The Morgan fingerprint density at radius 2 is 2.09 bits per heavy atom. The highest BCUT2D eigenvalue weighted by Crippen LogP contribution is 2.41. The molecule has 1 saturated carbocycles. The van der Waals surface area contributed by atoms with Gasteiger partial charge in [0.15, 0.2) is 0 Å². The number of nitrogens with one attached hydrogen (secondary N) is 1. The zero-order valence-corrected chi connectivity index (χ0v) is 15.3. The lowest BCUT2D eigenvalue weighted by Gasteiger charge is -2.41. The molecule has 2 N–H and O–H groups in total. The molecule has 0 saturated heterocycles. The molecule has 0 spiro atoms. The molecule has 1 aliphatic rings. The molecule has 0 radical (unpaired) electrons. The molecule has 1 fully saturated rings. The maximum Gasteiger partial charge on any atom is 0.136 e. The second-order valence-corrected chi connectivity index (χ2v) is 9.45. The molecule has 23 heavy (non-hydrogen) atoms. The van der Waals surface area contributed by atoms with E-state index >= 15 is 0 Å². The lowest BCUT2D eigenvalue weighted by Crippen LogP contribution is -2.51. The van der Waals surface area contributed by atoms with Gasteiger partial charge in [0.25, 0.3) is 0 Å². The fourth-order valence-corrected chi connectivity index (χ4v) is 3.87. The summed E-state index contributed by atoms with van der Waals surface area (Å²) in [6.45, 7) is 5.54. The maximum absolute atomic E-state index is 13.5. The average molecular weight is 363 g/mol. The van der Waals surface area contributed by atoms with Gasteiger partial charge in [0.05, 0.1) is 5.60 Å². The van der Waals surface area contributed by atoms with Crippen LogP contribution in [0.25, 0.3) is 0 Å². The molecule has 130 valence electrons. The van der Waals surface area contributed by atoms with Gasteiger partial charge in [-0.25, -0.2) is 9.37 Å². The van der Waals surface area contributed by atoms with Gasteiger partial charge in [-0.15, -0.1) is 4.72 Å². The summed E-state index contributed by atoms with van der Waals surface area (Å²) in [6, 6.07) is 2.82. The number of rotatable bonds is 4. The molecule has 4 nitrogen and oxygen atoms in total. The molecule has 1 aromatic heterocycles. The average Bonchev–Trinajstić information content (AvgIpc) is 2.48. The summed E-state index contributed by atoms with van der Waals surface area (Å²) in [4.78, 5) is 4.05. The van der Waals surface area contributed by atoms with Crippen molar-refractivity contribution in [3.8, 4) is 0 Å². The van der Waals surface area contributed by atoms with Gasteiger partial charge in [0.2, 0.25) is 0 Å². The van der Waals surface area contributed by atoms with E-state index in [0.717, 1.165) is 0 Å². The molecule has 2 rings (SSSR count). The first-order valence-corrected chi connectivity index (χ1v) is 9.31. The van der Waals surface area contributed by atoms with Crippen LogP contribution in [0.5, 0.6) is 0 Å². The van der Waals surface area contributed by atoms with E-state index in [1.54, 1.807) is 18.3 Å². The largest absolute Gasteiger partial charge is 0.598 e. The van der Waals surface area contributed by atoms with Gasteiger partial charge in [-0.3, -0.25) is 0 Å². The minimum atomic E-state index is -1.40. The molecule has 1 unspecified atom stereocenters. The molecule has 0 aromatic carbocycles. The topological polar surface area (TPSA) is 68.2 Å². The van der Waals surface area contributed by atoms with Crippen LogP contribution in [0.2, 0.25) is 5.15 Å². The zero-order chi connectivity index (χ0) is 17.3. The van der Waals surface area contributed by atoms with E-state index in [4.69, 9.17) is 11.6 Å². The van der Waals surface area contributed by atoms with Crippen molar-refractivity contribution in [1.82, 2.24) is 9.71 Å². The predicted molar refractivity (Wildman–Crippen MR) is 91.3 cm³/mol. The predicted octanol–water partition coefficient (Wildman–Crippen LogP) is 3.47. The Morgan fingerprint density at radius 1 is 1.48 bits per heavy atom. The van der Waals surface area contributed by atoms with Crippen LogP contribution in [0.4, 0.5) is 4.39 Å². The molecule has 0 bridgehead atoms. The van der Waals surface area contributed by atoms with E-state index in [1.807, 2.05) is 20.8 Å². The monoisotopic (exact) mass is 362 g/mol. The summed E-state index contributed by atoms with van der Waals surface area (Å²) in [6.07, 6.45) is 1.82. The molecule has 1 heterocycles. The number of aromatic nitrogens is 1. The molecule has 1 aromatic rings. The third kappa shape index (κ3) is 4.57. The van der Waals surface area contributed by atoms with Gasteiger partial charge in [-0.05, 0) is 52.5 Å². The van der Waals surface area contributed by atoms with Crippen molar-refractivity contribution in [2.45, 2.75) is 69.0 Å². The number of aliphatic hydroxyl groups is 1. The quantitative estimate of drug-likeness (QED) is 0.635. The Bertz CT molecular complexity index is 533. The second kappa shape index (κ2) is 7.23. The summed E-state index contributed by atoms with van der Waals surface area (Å²) in [5, 5.41) is 11.3. The van der Waals surface area contributed by atoms with Crippen LogP contribution < -0.4 is 4.72 Å². The van der Waals surface area contributed by atoms with Crippen molar-refractivity contribution in [2.75, 3.05) is 0 Å². The van der Waals surface area contributed by atoms with Gasteiger partial charge in [0.1, 0.15) is 22.1 Å². The van der Waals surface area contributed by atoms with Crippen LogP contribution in [0.1, 0.15) is 58.1 Å². The highest BCUT2D eigenvalue weighted by atomic mass is 35.5. The van der Waals surface area contributed by atoms with Gasteiger partial charge >= 0.3 is 0 Å². The molecule has 7 heteroatoms. The van der Waals surface area contributed by atoms with Crippen LogP contribution in [-0.2, 0) is 11.4 Å². The van der Waals surface area contributed by atoms with E-state index in [2.05, 4.69) is 9.71 Å². The van der Waals surface area contributed by atoms with Crippen LogP contribution in [0, 0.1) is 0 Å². The first kappa shape index (κ1) is 18.9. The number of hydrogen-bond donors (Lipinski definition) is 2. The molecular weight excluding hydrogens is 339 g/mol. The number of halogens is 2. The van der Waals surface area contributed by atoms with Crippen molar-refractivity contribution < 1.29 is 14.0 Å². The lowest BCUT2D eigenvalue weighted by molar-refractivity contribution is -0.0408. The van der Waals surface area contributed by atoms with Crippen LogP contribution in [-0.4, -0.2) is 31.2 Å². The Balaban J connectivity index is 2.34. The first-order chi connectivity index (χ1) is 10.6. The Morgan fingerprint density at radius 3 is 2.61 bits per heavy atom. The molecule has 1 aliphatic carbocycles.